The molecule has 5 aromatic rings. The van der Waals surface area contributed by atoms with Gasteiger partial charge in [0, 0.05) is 17.3 Å². The first-order valence-corrected chi connectivity index (χ1v) is 14.5. The zero-order chi connectivity index (χ0) is 29.6. The van der Waals surface area contributed by atoms with Gasteiger partial charge in [0.2, 0.25) is 0 Å². The average molecular weight is 562 g/mol. The van der Waals surface area contributed by atoms with Crippen LogP contribution in [0.1, 0.15) is 91.1 Å². The Hall–Kier alpha value is -4.71. The molecular formula is C36H37N2O4-. The minimum Gasteiger partial charge on any atom is -0.456 e. The summed E-state index contributed by atoms with van der Waals surface area (Å²) in [6, 6.07) is 27.5. The lowest BCUT2D eigenvalue weighted by Gasteiger charge is -2.21. The van der Waals surface area contributed by atoms with Crippen LogP contribution in [0.5, 0.6) is 0 Å². The highest BCUT2D eigenvalue weighted by molar-refractivity contribution is 5.91. The van der Waals surface area contributed by atoms with E-state index >= 15 is 0 Å². The molecule has 2 N–H and O–H groups in total. The minimum absolute atomic E-state index is 0.200. The Morgan fingerprint density at radius 1 is 0.690 bits per heavy atom. The summed E-state index contributed by atoms with van der Waals surface area (Å²) < 4.78 is 11.4. The van der Waals surface area contributed by atoms with E-state index in [9.17, 15) is 9.59 Å². The molecule has 0 atom stereocenters. The van der Waals surface area contributed by atoms with Crippen molar-refractivity contribution < 1.29 is 19.1 Å². The van der Waals surface area contributed by atoms with Gasteiger partial charge in [-0.15, -0.1) is 0 Å². The SMILES string of the molecule is CCc1c(C(c2ccc[cH-]2)c2[nH]c(C(=O)OCc3ccccc3)c(C)c2CC)[nH]c(C(=O)OCc2ccccc2)c1C. The fourth-order valence-electron chi connectivity index (χ4n) is 5.78. The van der Waals surface area contributed by atoms with Crippen molar-refractivity contribution in [2.45, 2.75) is 59.7 Å². The van der Waals surface area contributed by atoms with Crippen LogP contribution in [0.25, 0.3) is 0 Å². The summed E-state index contributed by atoms with van der Waals surface area (Å²) in [6.07, 6.45) is 1.46. The molecule has 6 heteroatoms. The first-order valence-electron chi connectivity index (χ1n) is 14.5. The van der Waals surface area contributed by atoms with Crippen LogP contribution in [-0.4, -0.2) is 21.9 Å². The Labute approximate surface area is 247 Å². The number of benzene rings is 2. The summed E-state index contributed by atoms with van der Waals surface area (Å²) in [5, 5.41) is 0. The second-order valence-electron chi connectivity index (χ2n) is 10.5. The van der Waals surface area contributed by atoms with Crippen molar-refractivity contribution in [3.05, 3.63) is 147 Å². The van der Waals surface area contributed by atoms with Gasteiger partial charge in [0.15, 0.2) is 0 Å². The number of nitrogens with one attached hydrogen (secondary N) is 2. The number of carbonyl (C=O) groups excluding carboxylic acids is 2. The van der Waals surface area contributed by atoms with E-state index in [-0.39, 0.29) is 31.1 Å². The third kappa shape index (κ3) is 5.84. The molecule has 3 aromatic carbocycles. The summed E-state index contributed by atoms with van der Waals surface area (Å²) in [6.45, 7) is 8.51. The zero-order valence-corrected chi connectivity index (χ0v) is 24.6. The smallest absolute Gasteiger partial charge is 0.355 e. The van der Waals surface area contributed by atoms with Crippen molar-refractivity contribution in [2.75, 3.05) is 0 Å². The molecule has 0 fully saturated rings. The Kier molecular flexibility index (Phi) is 8.82. The number of carbonyl (C=O) groups is 2. The highest BCUT2D eigenvalue weighted by atomic mass is 16.5. The molecule has 216 valence electrons. The Morgan fingerprint density at radius 2 is 1.14 bits per heavy atom. The van der Waals surface area contributed by atoms with Gasteiger partial charge in [0.25, 0.3) is 0 Å². The molecule has 0 amide bonds. The highest BCUT2D eigenvalue weighted by Gasteiger charge is 2.30. The van der Waals surface area contributed by atoms with Gasteiger partial charge in [-0.3, -0.25) is 0 Å². The number of rotatable bonds is 11. The number of esters is 2. The lowest BCUT2D eigenvalue weighted by atomic mass is 9.87. The molecule has 0 aliphatic rings. The summed E-state index contributed by atoms with van der Waals surface area (Å²) in [4.78, 5) is 33.5. The average Bonchev–Trinajstić information content (AvgIpc) is 3.74. The lowest BCUT2D eigenvalue weighted by molar-refractivity contribution is 0.0457. The first-order chi connectivity index (χ1) is 20.4. The van der Waals surface area contributed by atoms with Gasteiger partial charge in [0.1, 0.15) is 24.6 Å². The summed E-state index contributed by atoms with van der Waals surface area (Å²) in [7, 11) is 0. The molecular weight excluding hydrogens is 524 g/mol. The van der Waals surface area contributed by atoms with Crippen molar-refractivity contribution >= 4 is 11.9 Å². The van der Waals surface area contributed by atoms with Gasteiger partial charge in [-0.2, -0.15) is 17.7 Å². The van der Waals surface area contributed by atoms with Crippen LogP contribution in [0.4, 0.5) is 0 Å². The number of hydrogen-bond acceptors (Lipinski definition) is 4. The largest absolute Gasteiger partial charge is 0.456 e. The molecule has 42 heavy (non-hydrogen) atoms. The number of ether oxygens (including phenoxy) is 2. The lowest BCUT2D eigenvalue weighted by Crippen LogP contribution is -2.11. The number of hydrogen-bond donors (Lipinski definition) is 2. The second kappa shape index (κ2) is 12.9. The van der Waals surface area contributed by atoms with Crippen LogP contribution >= 0.6 is 0 Å². The van der Waals surface area contributed by atoms with E-state index in [0.717, 1.165) is 63.2 Å². The molecule has 0 aliphatic heterocycles. The minimum atomic E-state index is -0.387. The van der Waals surface area contributed by atoms with Gasteiger partial charge in [-0.1, -0.05) is 74.5 Å². The molecule has 5 rings (SSSR count). The second-order valence-corrected chi connectivity index (χ2v) is 10.5. The van der Waals surface area contributed by atoms with Crippen molar-refractivity contribution in [3.8, 4) is 0 Å². The molecule has 2 heterocycles. The van der Waals surface area contributed by atoms with E-state index in [1.807, 2.05) is 86.6 Å². The quantitative estimate of drug-likeness (QED) is 0.128. The van der Waals surface area contributed by atoms with Crippen molar-refractivity contribution in [2.24, 2.45) is 0 Å². The standard InChI is InChI=1S/C36H37N2O4/c1-5-28-23(3)31(35(39)41-21-25-15-9-7-10-16-25)37-33(28)30(27-19-13-14-20-27)34-29(6-2)24(4)32(38-34)36(40)42-22-26-17-11-8-12-18-26/h7-20,30,37-38H,5-6,21-22H2,1-4H3/q-1. The third-order valence-corrected chi connectivity index (χ3v) is 7.96. The summed E-state index contributed by atoms with van der Waals surface area (Å²) in [5.41, 5.74) is 9.58. The fraction of sp³-hybridized carbons (Fsp3) is 0.250. The molecule has 0 aliphatic carbocycles. The molecule has 0 saturated heterocycles. The number of aromatic amines is 2. The normalized spacial score (nSPS) is 11.2. The fourth-order valence-corrected chi connectivity index (χ4v) is 5.78. The number of H-pyrrole nitrogens is 2. The van der Waals surface area contributed by atoms with Crippen LogP contribution in [0.2, 0.25) is 0 Å². The molecule has 2 aromatic heterocycles. The Morgan fingerprint density at radius 3 is 1.52 bits per heavy atom. The van der Waals surface area contributed by atoms with E-state index in [0.29, 0.717) is 11.4 Å². The molecule has 0 unspecified atom stereocenters. The maximum Gasteiger partial charge on any atom is 0.355 e. The predicted octanol–water partition coefficient (Wildman–Crippen LogP) is 7.70. The van der Waals surface area contributed by atoms with E-state index in [2.05, 4.69) is 35.9 Å². The van der Waals surface area contributed by atoms with Gasteiger partial charge in [-0.25, -0.2) is 21.7 Å². The monoisotopic (exact) mass is 561 g/mol. The van der Waals surface area contributed by atoms with Crippen LogP contribution in [0.15, 0.2) is 84.9 Å². The topological polar surface area (TPSA) is 84.2 Å². The van der Waals surface area contributed by atoms with Gasteiger partial charge < -0.3 is 19.4 Å². The molecule has 0 radical (unpaired) electrons. The van der Waals surface area contributed by atoms with E-state index in [4.69, 9.17) is 9.47 Å². The van der Waals surface area contributed by atoms with E-state index in [1.54, 1.807) is 0 Å². The molecule has 6 nitrogen and oxygen atoms in total. The molecule has 0 saturated carbocycles. The van der Waals surface area contributed by atoms with Crippen LogP contribution in [0.3, 0.4) is 0 Å². The van der Waals surface area contributed by atoms with E-state index in [1.165, 1.54) is 0 Å². The van der Waals surface area contributed by atoms with Gasteiger partial charge in [-0.05, 0) is 60.1 Å². The van der Waals surface area contributed by atoms with Gasteiger partial charge >= 0.3 is 11.9 Å². The Bertz CT molecular complexity index is 1540. The van der Waals surface area contributed by atoms with Crippen LogP contribution < -0.4 is 0 Å². The maximum absolute atomic E-state index is 13.3. The zero-order valence-electron chi connectivity index (χ0n) is 24.6. The van der Waals surface area contributed by atoms with Gasteiger partial charge in [0.05, 0.1) is 0 Å². The third-order valence-electron chi connectivity index (χ3n) is 7.96. The van der Waals surface area contributed by atoms with Crippen LogP contribution in [-0.2, 0) is 35.5 Å². The summed E-state index contributed by atoms with van der Waals surface area (Å²) in [5.74, 6) is -1.02. The highest BCUT2D eigenvalue weighted by Crippen LogP contribution is 2.39. The van der Waals surface area contributed by atoms with E-state index < -0.39 is 0 Å². The number of aromatic nitrogens is 2. The summed E-state index contributed by atoms with van der Waals surface area (Å²) >= 11 is 0. The predicted molar refractivity (Wildman–Crippen MR) is 164 cm³/mol. The van der Waals surface area contributed by atoms with Crippen molar-refractivity contribution in [3.63, 3.8) is 0 Å². The van der Waals surface area contributed by atoms with Crippen LogP contribution in [0, 0.1) is 13.8 Å². The van der Waals surface area contributed by atoms with Crippen molar-refractivity contribution in [1.82, 2.24) is 9.97 Å². The maximum atomic E-state index is 13.3. The molecule has 0 bridgehead atoms. The van der Waals surface area contributed by atoms with Crippen molar-refractivity contribution in [1.29, 1.82) is 0 Å². The molecule has 0 spiro atoms. The Balaban J connectivity index is 1.52. The first kappa shape index (κ1) is 28.8.